The summed E-state index contributed by atoms with van der Waals surface area (Å²) in [5.41, 5.74) is 1.45. The van der Waals surface area contributed by atoms with Gasteiger partial charge in [-0.05, 0) is 55.3 Å². The van der Waals surface area contributed by atoms with Crippen LogP contribution in [0.5, 0.6) is 5.75 Å². The number of anilines is 1. The number of nitrogens with one attached hydrogen (secondary N) is 2. The van der Waals surface area contributed by atoms with Crippen molar-refractivity contribution in [2.75, 3.05) is 5.32 Å². The van der Waals surface area contributed by atoms with E-state index in [1.54, 1.807) is 55.5 Å². The predicted molar refractivity (Wildman–Crippen MR) is 89.5 cm³/mol. The molecular weight excluding hydrogens is 316 g/mol. The molecule has 0 aromatic heterocycles. The minimum absolute atomic E-state index is 0.188. The summed E-state index contributed by atoms with van der Waals surface area (Å²) < 4.78 is 0. The number of benzene rings is 2. The van der Waals surface area contributed by atoms with E-state index < -0.39 is 11.8 Å². The number of rotatable bonds is 4. The van der Waals surface area contributed by atoms with Gasteiger partial charge < -0.3 is 15.7 Å². The number of hydrogen-bond donors (Lipinski definition) is 3. The van der Waals surface area contributed by atoms with Crippen LogP contribution in [0.1, 0.15) is 12.5 Å². The normalized spacial score (nSPS) is 11.6. The molecule has 0 fully saturated rings. The van der Waals surface area contributed by atoms with Gasteiger partial charge in [-0.25, -0.2) is 0 Å². The zero-order chi connectivity index (χ0) is 16.8. The van der Waals surface area contributed by atoms with Crippen LogP contribution in [0.25, 0.3) is 0 Å². The second-order valence-electron chi connectivity index (χ2n) is 5.21. The summed E-state index contributed by atoms with van der Waals surface area (Å²) in [4.78, 5) is 23.7. The number of hydrogen-bond acceptors (Lipinski definition) is 3. The number of amides is 2. The van der Waals surface area contributed by atoms with Gasteiger partial charge in [0.25, 0.3) is 0 Å². The van der Waals surface area contributed by atoms with Crippen LogP contribution in [-0.2, 0) is 16.0 Å². The Balaban J connectivity index is 1.86. The molecule has 0 aliphatic rings. The Morgan fingerprint density at radius 2 is 1.65 bits per heavy atom. The molecule has 1 atom stereocenters. The van der Waals surface area contributed by atoms with Crippen LogP contribution in [-0.4, -0.2) is 23.0 Å². The van der Waals surface area contributed by atoms with Gasteiger partial charge in [0.2, 0.25) is 0 Å². The molecule has 0 heterocycles. The standard InChI is InChI=1S/C17H17ClN2O3/c1-11(10-12-2-8-15(21)9-3-12)19-16(22)17(23)20-14-6-4-13(18)5-7-14/h2-9,11,21H,10H2,1H3,(H,19,22)(H,20,23). The fourth-order valence-electron chi connectivity index (χ4n) is 2.05. The van der Waals surface area contributed by atoms with E-state index in [2.05, 4.69) is 10.6 Å². The molecule has 0 aliphatic carbocycles. The summed E-state index contributed by atoms with van der Waals surface area (Å²) in [6, 6.07) is 13.0. The quantitative estimate of drug-likeness (QED) is 0.753. The molecule has 2 aromatic rings. The molecule has 23 heavy (non-hydrogen) atoms. The van der Waals surface area contributed by atoms with Crippen molar-refractivity contribution in [3.63, 3.8) is 0 Å². The second-order valence-corrected chi connectivity index (χ2v) is 5.64. The fraction of sp³-hybridized carbons (Fsp3) is 0.176. The van der Waals surface area contributed by atoms with E-state index in [4.69, 9.17) is 11.6 Å². The first-order valence-corrected chi connectivity index (χ1v) is 7.47. The van der Waals surface area contributed by atoms with Gasteiger partial charge in [-0.15, -0.1) is 0 Å². The van der Waals surface area contributed by atoms with E-state index in [0.717, 1.165) is 5.56 Å². The molecule has 2 aromatic carbocycles. The monoisotopic (exact) mass is 332 g/mol. The van der Waals surface area contributed by atoms with Crippen molar-refractivity contribution in [2.24, 2.45) is 0 Å². The van der Waals surface area contributed by atoms with E-state index in [0.29, 0.717) is 17.1 Å². The van der Waals surface area contributed by atoms with Crippen LogP contribution >= 0.6 is 11.6 Å². The van der Waals surface area contributed by atoms with Crippen molar-refractivity contribution < 1.29 is 14.7 Å². The van der Waals surface area contributed by atoms with E-state index in [9.17, 15) is 14.7 Å². The lowest BCUT2D eigenvalue weighted by atomic mass is 10.1. The third-order valence-electron chi connectivity index (χ3n) is 3.16. The number of phenolic OH excluding ortho intramolecular Hbond substituents is 1. The molecule has 0 radical (unpaired) electrons. The lowest BCUT2D eigenvalue weighted by Gasteiger charge is -2.14. The van der Waals surface area contributed by atoms with Crippen molar-refractivity contribution in [3.05, 3.63) is 59.1 Å². The second kappa shape index (κ2) is 7.65. The molecular formula is C17H17ClN2O3. The third kappa shape index (κ3) is 5.30. The highest BCUT2D eigenvalue weighted by Crippen LogP contribution is 2.13. The van der Waals surface area contributed by atoms with Crippen molar-refractivity contribution in [1.29, 1.82) is 0 Å². The average Bonchev–Trinajstić information content (AvgIpc) is 2.51. The lowest BCUT2D eigenvalue weighted by molar-refractivity contribution is -0.136. The summed E-state index contributed by atoms with van der Waals surface area (Å²) in [6.45, 7) is 1.81. The molecule has 3 N–H and O–H groups in total. The largest absolute Gasteiger partial charge is 0.508 e. The zero-order valence-electron chi connectivity index (χ0n) is 12.5. The Morgan fingerprint density at radius 1 is 1.04 bits per heavy atom. The van der Waals surface area contributed by atoms with E-state index in [1.165, 1.54) is 0 Å². The molecule has 0 saturated heterocycles. The number of phenols is 1. The molecule has 120 valence electrons. The summed E-state index contributed by atoms with van der Waals surface area (Å²) in [6.07, 6.45) is 0.556. The lowest BCUT2D eigenvalue weighted by Crippen LogP contribution is -2.41. The Bertz CT molecular complexity index is 684. The maximum absolute atomic E-state index is 11.9. The van der Waals surface area contributed by atoms with Crippen molar-refractivity contribution in [3.8, 4) is 5.75 Å². The first-order valence-electron chi connectivity index (χ1n) is 7.09. The molecule has 2 rings (SSSR count). The van der Waals surface area contributed by atoms with E-state index in [-0.39, 0.29) is 11.8 Å². The number of aromatic hydroxyl groups is 1. The molecule has 1 unspecified atom stereocenters. The van der Waals surface area contributed by atoms with Gasteiger partial charge in [0, 0.05) is 16.8 Å². The van der Waals surface area contributed by atoms with Crippen LogP contribution in [0.4, 0.5) is 5.69 Å². The van der Waals surface area contributed by atoms with Gasteiger partial charge in [0.05, 0.1) is 0 Å². The van der Waals surface area contributed by atoms with Crippen LogP contribution in [0.15, 0.2) is 48.5 Å². The number of carbonyl (C=O) groups is 2. The van der Waals surface area contributed by atoms with Crippen molar-refractivity contribution >= 4 is 29.1 Å². The Morgan fingerprint density at radius 3 is 2.26 bits per heavy atom. The first kappa shape index (κ1) is 16.8. The molecule has 0 saturated carbocycles. The van der Waals surface area contributed by atoms with Crippen molar-refractivity contribution in [1.82, 2.24) is 5.32 Å². The molecule has 0 spiro atoms. The van der Waals surface area contributed by atoms with Crippen LogP contribution < -0.4 is 10.6 Å². The topological polar surface area (TPSA) is 78.4 Å². The third-order valence-corrected chi connectivity index (χ3v) is 3.42. The smallest absolute Gasteiger partial charge is 0.313 e. The number of carbonyl (C=O) groups excluding carboxylic acids is 2. The van der Waals surface area contributed by atoms with Gasteiger partial charge in [-0.3, -0.25) is 9.59 Å². The van der Waals surface area contributed by atoms with Crippen molar-refractivity contribution in [2.45, 2.75) is 19.4 Å². The van der Waals surface area contributed by atoms with E-state index in [1.807, 2.05) is 0 Å². The van der Waals surface area contributed by atoms with Crippen LogP contribution in [0, 0.1) is 0 Å². The molecule has 6 heteroatoms. The molecule has 5 nitrogen and oxygen atoms in total. The predicted octanol–water partition coefficient (Wildman–Crippen LogP) is 2.73. The maximum Gasteiger partial charge on any atom is 0.313 e. The minimum atomic E-state index is -0.732. The first-order chi connectivity index (χ1) is 10.9. The number of halogens is 1. The summed E-state index contributed by atoms with van der Waals surface area (Å²) in [5, 5.41) is 14.9. The van der Waals surface area contributed by atoms with Gasteiger partial charge >= 0.3 is 11.8 Å². The van der Waals surface area contributed by atoms with Gasteiger partial charge in [-0.2, -0.15) is 0 Å². The molecule has 2 amide bonds. The Kier molecular flexibility index (Phi) is 5.60. The maximum atomic E-state index is 11.9. The highest BCUT2D eigenvalue weighted by atomic mass is 35.5. The van der Waals surface area contributed by atoms with E-state index >= 15 is 0 Å². The van der Waals surface area contributed by atoms with Gasteiger partial charge in [0.1, 0.15) is 5.75 Å². The Labute approximate surface area is 139 Å². The average molecular weight is 333 g/mol. The van der Waals surface area contributed by atoms with Gasteiger partial charge in [-0.1, -0.05) is 23.7 Å². The highest BCUT2D eigenvalue weighted by molar-refractivity contribution is 6.39. The summed E-state index contributed by atoms with van der Waals surface area (Å²) >= 11 is 5.76. The summed E-state index contributed by atoms with van der Waals surface area (Å²) in [5.74, 6) is -1.25. The fourth-order valence-corrected chi connectivity index (χ4v) is 2.17. The van der Waals surface area contributed by atoms with Crippen LogP contribution in [0.3, 0.4) is 0 Å². The molecule has 0 bridgehead atoms. The highest BCUT2D eigenvalue weighted by Gasteiger charge is 2.16. The zero-order valence-corrected chi connectivity index (χ0v) is 13.3. The Hall–Kier alpha value is -2.53. The van der Waals surface area contributed by atoms with Crippen LogP contribution in [0.2, 0.25) is 5.02 Å². The molecule has 0 aliphatic heterocycles. The summed E-state index contributed by atoms with van der Waals surface area (Å²) in [7, 11) is 0. The SMILES string of the molecule is CC(Cc1ccc(O)cc1)NC(=O)C(=O)Nc1ccc(Cl)cc1. The minimum Gasteiger partial charge on any atom is -0.508 e. The van der Waals surface area contributed by atoms with Gasteiger partial charge in [0.15, 0.2) is 0 Å².